The largest absolute Gasteiger partial charge is 0.506 e. The molecule has 3 aromatic carbocycles. The summed E-state index contributed by atoms with van der Waals surface area (Å²) in [5.74, 6) is 0.804. The number of benzene rings is 3. The molecule has 0 aliphatic heterocycles. The second-order valence-corrected chi connectivity index (χ2v) is 7.81. The van der Waals surface area contributed by atoms with Gasteiger partial charge in [-0.1, -0.05) is 18.2 Å². The lowest BCUT2D eigenvalue weighted by atomic mass is 10.0. The van der Waals surface area contributed by atoms with Gasteiger partial charge in [0.15, 0.2) is 0 Å². The molecule has 7 nitrogen and oxygen atoms in total. The maximum atomic E-state index is 11.5. The van der Waals surface area contributed by atoms with Gasteiger partial charge in [0.25, 0.3) is 0 Å². The summed E-state index contributed by atoms with van der Waals surface area (Å²) in [5, 5.41) is 27.9. The number of phenols is 1. The molecule has 0 saturated heterocycles. The minimum absolute atomic E-state index is 0.0171. The van der Waals surface area contributed by atoms with Crippen LogP contribution in [-0.2, 0) is 6.42 Å². The average molecular weight is 446 g/mol. The van der Waals surface area contributed by atoms with Gasteiger partial charge in [-0.25, -0.2) is 0 Å². The number of methoxy groups -OCH3 is 1. The van der Waals surface area contributed by atoms with Gasteiger partial charge in [-0.3, -0.25) is 4.79 Å². The van der Waals surface area contributed by atoms with Crippen molar-refractivity contribution in [1.29, 1.82) is 0 Å². The topological polar surface area (TPSA) is 107 Å². The fourth-order valence-corrected chi connectivity index (χ4v) is 3.73. The highest BCUT2D eigenvalue weighted by Gasteiger charge is 2.13. The minimum atomic E-state index is -0.768. The van der Waals surface area contributed by atoms with Crippen LogP contribution in [0.15, 0.2) is 77.6 Å². The number of hydrogen-bond acceptors (Lipinski definition) is 6. The molecule has 0 aliphatic carbocycles. The lowest BCUT2D eigenvalue weighted by Crippen LogP contribution is -2.24. The summed E-state index contributed by atoms with van der Waals surface area (Å²) in [6.07, 6.45) is 0.0502. The Bertz CT molecular complexity index is 1270. The summed E-state index contributed by atoms with van der Waals surface area (Å²) in [4.78, 5) is 14.2. The van der Waals surface area contributed by atoms with Crippen molar-refractivity contribution in [3.8, 4) is 11.5 Å². The Morgan fingerprint density at radius 1 is 0.939 bits per heavy atom. The fraction of sp³-hybridized carbons (Fsp3) is 0.192. The fourth-order valence-electron chi connectivity index (χ4n) is 3.73. The van der Waals surface area contributed by atoms with Crippen LogP contribution in [0.2, 0.25) is 0 Å². The van der Waals surface area contributed by atoms with Crippen LogP contribution in [0.4, 0.5) is 11.4 Å². The number of rotatable bonds is 9. The third-order valence-corrected chi connectivity index (χ3v) is 5.53. The molecule has 1 aromatic heterocycles. The highest BCUT2D eigenvalue weighted by molar-refractivity contribution is 5.87. The Labute approximate surface area is 191 Å². The number of ether oxygens (including phenoxy) is 1. The molecular weight excluding hydrogens is 418 g/mol. The molecule has 0 aliphatic rings. The lowest BCUT2D eigenvalue weighted by molar-refractivity contribution is 0.176. The van der Waals surface area contributed by atoms with Crippen molar-refractivity contribution in [2.75, 3.05) is 25.5 Å². The molecule has 0 spiro atoms. The molecule has 5 N–H and O–H groups in total. The van der Waals surface area contributed by atoms with E-state index in [0.717, 1.165) is 23.5 Å². The Morgan fingerprint density at radius 2 is 1.64 bits per heavy atom. The first-order valence-corrected chi connectivity index (χ1v) is 10.8. The number of aromatic hydroxyl groups is 1. The van der Waals surface area contributed by atoms with Crippen LogP contribution in [-0.4, -0.2) is 35.4 Å². The maximum Gasteiger partial charge on any atom is 0.248 e. The number of hydrogen-bond donors (Lipinski definition) is 5. The van der Waals surface area contributed by atoms with E-state index in [9.17, 15) is 15.0 Å². The molecule has 1 heterocycles. The average Bonchev–Trinajstić information content (AvgIpc) is 2.84. The number of aliphatic hydroxyl groups is 1. The normalized spacial score (nSPS) is 11.9. The second-order valence-electron chi connectivity index (χ2n) is 7.81. The highest BCUT2D eigenvalue weighted by atomic mass is 16.5. The predicted molar refractivity (Wildman–Crippen MR) is 130 cm³/mol. The van der Waals surface area contributed by atoms with Crippen molar-refractivity contribution in [3.63, 3.8) is 0 Å². The van der Waals surface area contributed by atoms with Gasteiger partial charge >= 0.3 is 0 Å². The van der Waals surface area contributed by atoms with Crippen molar-refractivity contribution < 1.29 is 14.9 Å². The van der Waals surface area contributed by atoms with Gasteiger partial charge in [0.2, 0.25) is 5.56 Å². The van der Waals surface area contributed by atoms with E-state index in [-0.39, 0.29) is 11.3 Å². The maximum absolute atomic E-state index is 11.5. The molecular formula is C26H27N3O4. The molecule has 33 heavy (non-hydrogen) atoms. The van der Waals surface area contributed by atoms with Crippen LogP contribution in [0.1, 0.15) is 17.2 Å². The number of fused-ring (bicyclic) bond motifs is 1. The van der Waals surface area contributed by atoms with E-state index >= 15 is 0 Å². The second kappa shape index (κ2) is 10.2. The molecule has 170 valence electrons. The van der Waals surface area contributed by atoms with Crippen molar-refractivity contribution in [1.82, 2.24) is 10.3 Å². The molecule has 7 heteroatoms. The number of aromatic amines is 1. The number of aromatic nitrogens is 1. The van der Waals surface area contributed by atoms with Gasteiger partial charge in [-0.2, -0.15) is 0 Å². The van der Waals surface area contributed by atoms with Gasteiger partial charge in [0, 0.05) is 29.4 Å². The highest BCUT2D eigenvalue weighted by Crippen LogP contribution is 2.28. The number of nitrogens with one attached hydrogen (secondary N) is 3. The Kier molecular flexibility index (Phi) is 6.92. The molecule has 0 saturated carbocycles. The zero-order valence-electron chi connectivity index (χ0n) is 18.3. The van der Waals surface area contributed by atoms with E-state index in [2.05, 4.69) is 27.8 Å². The van der Waals surface area contributed by atoms with Crippen molar-refractivity contribution in [2.45, 2.75) is 12.5 Å². The van der Waals surface area contributed by atoms with E-state index in [1.165, 1.54) is 17.7 Å². The molecule has 1 unspecified atom stereocenters. The number of phenolic OH excluding ortho intramolecular Hbond substituents is 1. The van der Waals surface area contributed by atoms with Crippen LogP contribution in [0.5, 0.6) is 11.5 Å². The molecule has 0 radical (unpaired) electrons. The van der Waals surface area contributed by atoms with Gasteiger partial charge in [0.1, 0.15) is 11.5 Å². The number of anilines is 2. The monoisotopic (exact) mass is 445 g/mol. The molecule has 1 atom stereocenters. The van der Waals surface area contributed by atoms with Gasteiger partial charge < -0.3 is 30.6 Å². The predicted octanol–water partition coefficient (Wildman–Crippen LogP) is 3.85. The zero-order valence-corrected chi connectivity index (χ0v) is 18.3. The Morgan fingerprint density at radius 3 is 2.33 bits per heavy atom. The summed E-state index contributed by atoms with van der Waals surface area (Å²) in [6, 6.07) is 22.2. The van der Waals surface area contributed by atoms with Gasteiger partial charge in [-0.05, 0) is 72.6 Å². The third-order valence-electron chi connectivity index (χ3n) is 5.53. The van der Waals surface area contributed by atoms with Crippen LogP contribution in [0.3, 0.4) is 0 Å². The first-order valence-electron chi connectivity index (χ1n) is 10.8. The number of H-pyrrole nitrogens is 1. The third kappa shape index (κ3) is 5.52. The molecule has 0 fully saturated rings. The van der Waals surface area contributed by atoms with Crippen LogP contribution in [0, 0.1) is 0 Å². The van der Waals surface area contributed by atoms with Crippen molar-refractivity contribution in [3.05, 3.63) is 94.3 Å². The van der Waals surface area contributed by atoms with E-state index in [4.69, 9.17) is 4.74 Å². The zero-order chi connectivity index (χ0) is 23.2. The Balaban J connectivity index is 1.29. The van der Waals surface area contributed by atoms with Gasteiger partial charge in [0.05, 0.1) is 18.7 Å². The number of pyridine rings is 1. The molecule has 4 aromatic rings. The summed E-state index contributed by atoms with van der Waals surface area (Å²) in [5.41, 5.74) is 3.87. The van der Waals surface area contributed by atoms with E-state index < -0.39 is 6.10 Å². The lowest BCUT2D eigenvalue weighted by Gasteiger charge is -2.15. The van der Waals surface area contributed by atoms with Crippen LogP contribution in [0.25, 0.3) is 10.9 Å². The summed E-state index contributed by atoms with van der Waals surface area (Å²) in [6.45, 7) is 1.06. The van der Waals surface area contributed by atoms with Crippen molar-refractivity contribution in [2.24, 2.45) is 0 Å². The smallest absolute Gasteiger partial charge is 0.248 e. The molecule has 0 bridgehead atoms. The van der Waals surface area contributed by atoms with E-state index in [1.54, 1.807) is 19.2 Å². The summed E-state index contributed by atoms with van der Waals surface area (Å²) >= 11 is 0. The summed E-state index contributed by atoms with van der Waals surface area (Å²) in [7, 11) is 1.65. The first kappa shape index (κ1) is 22.4. The van der Waals surface area contributed by atoms with Gasteiger partial charge in [-0.15, -0.1) is 0 Å². The quantitative estimate of drug-likeness (QED) is 0.251. The first-order chi connectivity index (χ1) is 16.0. The standard InChI is InChI=1S/C26H27N3O4/c1-33-20-8-6-19(7-9-20)28-18-4-2-17(3-5-18)14-15-27-16-24(31)21-10-12-23(30)26-22(21)11-13-25(32)29-26/h2-13,24,27-28,30-31H,14-16H2,1H3,(H,29,32). The van der Waals surface area contributed by atoms with E-state index in [0.29, 0.717) is 29.6 Å². The van der Waals surface area contributed by atoms with E-state index in [1.807, 2.05) is 36.4 Å². The van der Waals surface area contributed by atoms with Crippen LogP contribution >= 0.6 is 0 Å². The number of aliphatic hydroxyl groups excluding tert-OH is 1. The van der Waals surface area contributed by atoms with Crippen molar-refractivity contribution >= 4 is 22.3 Å². The molecule has 0 amide bonds. The van der Waals surface area contributed by atoms with Crippen LogP contribution < -0.4 is 20.9 Å². The minimum Gasteiger partial charge on any atom is -0.506 e. The Hall–Kier alpha value is -3.81. The molecule has 4 rings (SSSR count). The SMILES string of the molecule is COc1ccc(Nc2ccc(CCNCC(O)c3ccc(O)c4[nH]c(=O)ccc34)cc2)cc1. The summed E-state index contributed by atoms with van der Waals surface area (Å²) < 4.78 is 5.18.